The first-order valence-electron chi connectivity index (χ1n) is 11.1. The molecule has 0 unspecified atom stereocenters. The van der Waals surface area contributed by atoms with E-state index in [0.29, 0.717) is 41.4 Å². The third-order valence-electron chi connectivity index (χ3n) is 6.36. The lowest BCUT2D eigenvalue weighted by atomic mass is 9.98. The van der Waals surface area contributed by atoms with Crippen molar-refractivity contribution in [3.8, 4) is 28.5 Å². The van der Waals surface area contributed by atoms with Crippen LogP contribution in [-0.4, -0.2) is 38.5 Å². The first kappa shape index (κ1) is 21.8. The molecule has 2 aromatic heterocycles. The summed E-state index contributed by atoms with van der Waals surface area (Å²) >= 11 is 0. The zero-order valence-electron chi connectivity index (χ0n) is 19.0. The van der Waals surface area contributed by atoms with Crippen LogP contribution in [0, 0.1) is 17.1 Å². The van der Waals surface area contributed by atoms with Crippen molar-refractivity contribution in [3.63, 3.8) is 0 Å². The van der Waals surface area contributed by atoms with Crippen molar-refractivity contribution < 1.29 is 4.39 Å². The summed E-state index contributed by atoms with van der Waals surface area (Å²) in [5.41, 5.74) is 8.43. The number of aryl methyl sites for hydroxylation is 1. The van der Waals surface area contributed by atoms with Crippen molar-refractivity contribution >= 4 is 16.9 Å². The maximum atomic E-state index is 14.6. The molecule has 1 aliphatic heterocycles. The van der Waals surface area contributed by atoms with Gasteiger partial charge in [0.1, 0.15) is 11.9 Å². The number of piperidine rings is 1. The highest BCUT2D eigenvalue weighted by molar-refractivity contribution is 5.88. The zero-order chi connectivity index (χ0) is 24.0. The standard InChI is InChI=1S/C25H24FN7O/c1-31-14-18-11-15(5-6-21(18)30-31)22-23(16-3-4-17(13-27)20(26)12-16)29-25(32(2)24(22)34)33-9-7-19(28)8-10-33/h3-6,11-12,14,19H,7-10,28H2,1-2H3. The SMILES string of the molecule is Cn1cc2cc(-c3c(-c4ccc(C#N)c(F)c4)nc(N4CCC(N)CC4)n(C)c3=O)ccc2n1. The molecule has 8 nitrogen and oxygen atoms in total. The Morgan fingerprint density at radius 1 is 1.12 bits per heavy atom. The fourth-order valence-electron chi connectivity index (χ4n) is 4.50. The van der Waals surface area contributed by atoms with E-state index in [9.17, 15) is 9.18 Å². The Labute approximate surface area is 195 Å². The van der Waals surface area contributed by atoms with Gasteiger partial charge in [-0.15, -0.1) is 0 Å². The molecule has 4 aromatic rings. The fraction of sp³-hybridized carbons (Fsp3) is 0.280. The summed E-state index contributed by atoms with van der Waals surface area (Å²) in [6.45, 7) is 1.37. The molecule has 0 radical (unpaired) electrons. The van der Waals surface area contributed by atoms with Crippen molar-refractivity contribution in [2.75, 3.05) is 18.0 Å². The highest BCUT2D eigenvalue weighted by Gasteiger charge is 2.24. The summed E-state index contributed by atoms with van der Waals surface area (Å²) in [5, 5.41) is 14.4. The molecule has 0 saturated carbocycles. The first-order valence-corrected chi connectivity index (χ1v) is 11.1. The van der Waals surface area contributed by atoms with Crippen LogP contribution in [0.2, 0.25) is 0 Å². The smallest absolute Gasteiger partial charge is 0.263 e. The van der Waals surface area contributed by atoms with Crippen LogP contribution in [0.3, 0.4) is 0 Å². The van der Waals surface area contributed by atoms with E-state index in [0.717, 1.165) is 23.7 Å². The van der Waals surface area contributed by atoms with E-state index >= 15 is 0 Å². The minimum absolute atomic E-state index is 0.0591. The summed E-state index contributed by atoms with van der Waals surface area (Å²) < 4.78 is 17.8. The van der Waals surface area contributed by atoms with E-state index in [-0.39, 0.29) is 17.2 Å². The monoisotopic (exact) mass is 457 g/mol. The second-order valence-electron chi connectivity index (χ2n) is 8.71. The van der Waals surface area contributed by atoms with Crippen LogP contribution < -0.4 is 16.2 Å². The van der Waals surface area contributed by atoms with Gasteiger partial charge in [-0.2, -0.15) is 10.4 Å². The minimum Gasteiger partial charge on any atom is -0.342 e. The number of nitrogens with two attached hydrogens (primary N) is 1. The van der Waals surface area contributed by atoms with Crippen LogP contribution in [-0.2, 0) is 14.1 Å². The van der Waals surface area contributed by atoms with Gasteiger partial charge in [-0.25, -0.2) is 9.37 Å². The number of halogens is 1. The Morgan fingerprint density at radius 2 is 1.85 bits per heavy atom. The summed E-state index contributed by atoms with van der Waals surface area (Å²) in [6.07, 6.45) is 3.48. The van der Waals surface area contributed by atoms with Crippen molar-refractivity contribution in [1.29, 1.82) is 5.26 Å². The van der Waals surface area contributed by atoms with E-state index in [2.05, 4.69) is 5.10 Å². The third kappa shape index (κ3) is 3.72. The summed E-state index contributed by atoms with van der Waals surface area (Å²) in [6, 6.07) is 11.9. The third-order valence-corrected chi connectivity index (χ3v) is 6.36. The van der Waals surface area contributed by atoms with Crippen LogP contribution in [0.4, 0.5) is 10.3 Å². The number of nitriles is 1. The molecule has 0 amide bonds. The maximum absolute atomic E-state index is 14.6. The Balaban J connectivity index is 1.75. The molecule has 0 spiro atoms. The van der Waals surface area contributed by atoms with E-state index in [1.54, 1.807) is 22.4 Å². The van der Waals surface area contributed by atoms with Crippen molar-refractivity contribution in [1.82, 2.24) is 19.3 Å². The Hall–Kier alpha value is -4.03. The van der Waals surface area contributed by atoms with Gasteiger partial charge in [-0.1, -0.05) is 12.1 Å². The van der Waals surface area contributed by atoms with Gasteiger partial charge < -0.3 is 10.6 Å². The number of nitrogens with zero attached hydrogens (tertiary/aromatic N) is 6. The van der Waals surface area contributed by atoms with Crippen molar-refractivity contribution in [2.45, 2.75) is 18.9 Å². The Morgan fingerprint density at radius 3 is 2.56 bits per heavy atom. The molecule has 1 aliphatic rings. The second-order valence-corrected chi connectivity index (χ2v) is 8.71. The Bertz CT molecular complexity index is 1510. The predicted molar refractivity (Wildman–Crippen MR) is 129 cm³/mol. The van der Waals surface area contributed by atoms with Crippen molar-refractivity contribution in [2.24, 2.45) is 19.8 Å². The van der Waals surface area contributed by atoms with Gasteiger partial charge in [0.2, 0.25) is 5.95 Å². The maximum Gasteiger partial charge on any atom is 0.263 e. The van der Waals surface area contributed by atoms with Gasteiger partial charge in [-0.3, -0.25) is 14.0 Å². The van der Waals surface area contributed by atoms with Gasteiger partial charge in [0, 0.05) is 50.4 Å². The molecule has 0 aliphatic carbocycles. The number of anilines is 1. The molecule has 3 heterocycles. The molecule has 0 bridgehead atoms. The molecule has 9 heteroatoms. The lowest BCUT2D eigenvalue weighted by Crippen LogP contribution is -2.42. The highest BCUT2D eigenvalue weighted by atomic mass is 19.1. The minimum atomic E-state index is -0.651. The van der Waals surface area contributed by atoms with E-state index in [4.69, 9.17) is 16.0 Å². The van der Waals surface area contributed by atoms with E-state index in [1.807, 2.05) is 42.4 Å². The molecule has 2 aromatic carbocycles. The molecule has 2 N–H and O–H groups in total. The van der Waals surface area contributed by atoms with Crippen molar-refractivity contribution in [3.05, 3.63) is 64.3 Å². The Kier molecular flexibility index (Phi) is 5.38. The largest absolute Gasteiger partial charge is 0.342 e. The molecule has 1 saturated heterocycles. The summed E-state index contributed by atoms with van der Waals surface area (Å²) in [5.74, 6) is -0.135. The molecular formula is C25H24FN7O. The van der Waals surface area contributed by atoms with Gasteiger partial charge in [0.25, 0.3) is 5.56 Å². The van der Waals surface area contributed by atoms with E-state index in [1.165, 1.54) is 12.1 Å². The quantitative estimate of drug-likeness (QED) is 0.507. The number of fused-ring (bicyclic) bond motifs is 1. The molecule has 34 heavy (non-hydrogen) atoms. The molecule has 1 fully saturated rings. The molecule has 172 valence electrons. The number of aromatic nitrogens is 4. The van der Waals surface area contributed by atoms with Gasteiger partial charge >= 0.3 is 0 Å². The van der Waals surface area contributed by atoms with Gasteiger partial charge in [0.15, 0.2) is 0 Å². The molecule has 5 rings (SSSR count). The fourth-order valence-corrected chi connectivity index (χ4v) is 4.50. The molecular weight excluding hydrogens is 433 g/mol. The predicted octanol–water partition coefficient (Wildman–Crippen LogP) is 2.94. The number of benzene rings is 2. The van der Waals surface area contributed by atoms with Crippen LogP contribution in [0.25, 0.3) is 33.3 Å². The van der Waals surface area contributed by atoms with Crippen LogP contribution >= 0.6 is 0 Å². The zero-order valence-corrected chi connectivity index (χ0v) is 19.0. The lowest BCUT2D eigenvalue weighted by molar-refractivity contribution is 0.490. The number of hydrogen-bond acceptors (Lipinski definition) is 6. The van der Waals surface area contributed by atoms with Crippen LogP contribution in [0.15, 0.2) is 47.4 Å². The van der Waals surface area contributed by atoms with E-state index < -0.39 is 5.82 Å². The topological polar surface area (TPSA) is 106 Å². The van der Waals surface area contributed by atoms with Gasteiger partial charge in [-0.05, 0) is 42.7 Å². The highest BCUT2D eigenvalue weighted by Crippen LogP contribution is 2.32. The number of hydrogen-bond donors (Lipinski definition) is 1. The van der Waals surface area contributed by atoms with Crippen LogP contribution in [0.1, 0.15) is 18.4 Å². The lowest BCUT2D eigenvalue weighted by Gasteiger charge is -2.32. The van der Waals surface area contributed by atoms with Gasteiger partial charge in [0.05, 0.1) is 22.3 Å². The summed E-state index contributed by atoms with van der Waals surface area (Å²) in [4.78, 5) is 20.7. The average molecular weight is 458 g/mol. The average Bonchev–Trinajstić information content (AvgIpc) is 3.20. The molecule has 0 atom stereocenters. The normalized spacial score (nSPS) is 14.5. The van der Waals surface area contributed by atoms with Crippen LogP contribution in [0.5, 0.6) is 0 Å². The first-order chi connectivity index (χ1) is 16.4. The summed E-state index contributed by atoms with van der Waals surface area (Å²) in [7, 11) is 3.54. The number of rotatable bonds is 3. The second kappa shape index (κ2) is 8.39.